The molecule has 3 aromatic rings. The van der Waals surface area contributed by atoms with E-state index in [9.17, 15) is 4.79 Å². The number of carbonyl (C=O) groups is 1. The van der Waals surface area contributed by atoms with Gasteiger partial charge in [-0.3, -0.25) is 4.79 Å². The van der Waals surface area contributed by atoms with Crippen LogP contribution in [0, 0.1) is 0 Å². The normalized spacial score (nSPS) is 14.6. The van der Waals surface area contributed by atoms with Crippen molar-refractivity contribution in [2.24, 2.45) is 0 Å². The lowest BCUT2D eigenvalue weighted by atomic mass is 10.2. The minimum atomic E-state index is -0.0587. The third kappa shape index (κ3) is 4.97. The zero-order valence-electron chi connectivity index (χ0n) is 17.0. The summed E-state index contributed by atoms with van der Waals surface area (Å²) < 4.78 is 11.2. The number of hydrogen-bond donors (Lipinski definition) is 0. The first kappa shape index (κ1) is 20.4. The Bertz CT molecular complexity index is 958. The molecule has 1 saturated heterocycles. The predicted molar refractivity (Wildman–Crippen MR) is 120 cm³/mol. The van der Waals surface area contributed by atoms with Gasteiger partial charge in [-0.25, -0.2) is 0 Å². The summed E-state index contributed by atoms with van der Waals surface area (Å²) in [6.07, 6.45) is 1.54. The summed E-state index contributed by atoms with van der Waals surface area (Å²) in [6.45, 7) is 1.33. The Morgan fingerprint density at radius 2 is 1.63 bits per heavy atom. The van der Waals surface area contributed by atoms with Crippen molar-refractivity contribution < 1.29 is 14.3 Å². The van der Waals surface area contributed by atoms with Crippen molar-refractivity contribution in [3.05, 3.63) is 90.0 Å². The molecule has 0 spiro atoms. The molecule has 3 aromatic carbocycles. The molecule has 1 atom stereocenters. The predicted octanol–water partition coefficient (Wildman–Crippen LogP) is 5.69. The van der Waals surface area contributed by atoms with Gasteiger partial charge in [0.25, 0.3) is 0 Å². The highest BCUT2D eigenvalue weighted by Crippen LogP contribution is 2.41. The van der Waals surface area contributed by atoms with Gasteiger partial charge < -0.3 is 14.4 Å². The monoisotopic (exact) mass is 419 g/mol. The van der Waals surface area contributed by atoms with Gasteiger partial charge in [0, 0.05) is 17.9 Å². The maximum absolute atomic E-state index is 12.5. The average Bonchev–Trinajstić information content (AvgIpc) is 3.23. The quantitative estimate of drug-likeness (QED) is 0.440. The van der Waals surface area contributed by atoms with Gasteiger partial charge in [-0.2, -0.15) is 0 Å². The Labute approximate surface area is 181 Å². The number of carbonyl (C=O) groups excluding carboxylic acids is 1. The Balaban J connectivity index is 1.50. The lowest BCUT2D eigenvalue weighted by Crippen LogP contribution is -2.27. The average molecular weight is 420 g/mol. The van der Waals surface area contributed by atoms with Crippen LogP contribution in [0.4, 0.5) is 0 Å². The number of methoxy groups -OCH3 is 1. The molecule has 1 amide bonds. The molecule has 0 aromatic heterocycles. The molecule has 0 bridgehead atoms. The van der Waals surface area contributed by atoms with Gasteiger partial charge in [0.1, 0.15) is 23.5 Å². The molecule has 1 aliphatic heterocycles. The first-order chi connectivity index (χ1) is 14.7. The van der Waals surface area contributed by atoms with Crippen molar-refractivity contribution in [2.45, 2.75) is 29.7 Å². The van der Waals surface area contributed by atoms with E-state index in [0.29, 0.717) is 13.0 Å². The highest BCUT2D eigenvalue weighted by Gasteiger charge is 2.29. The lowest BCUT2D eigenvalue weighted by molar-refractivity contribution is -0.128. The zero-order valence-corrected chi connectivity index (χ0v) is 17.8. The second kappa shape index (κ2) is 9.72. The van der Waals surface area contributed by atoms with Gasteiger partial charge in [-0.05, 0) is 53.9 Å². The number of benzene rings is 3. The van der Waals surface area contributed by atoms with Gasteiger partial charge in [0.2, 0.25) is 5.91 Å². The molecule has 1 heterocycles. The van der Waals surface area contributed by atoms with E-state index < -0.39 is 0 Å². The molecule has 4 nitrogen and oxygen atoms in total. The number of amides is 1. The fraction of sp³-hybridized carbons (Fsp3) is 0.240. The zero-order chi connectivity index (χ0) is 20.8. The summed E-state index contributed by atoms with van der Waals surface area (Å²) in [5, 5.41) is -0.0587. The lowest BCUT2D eigenvalue weighted by Gasteiger charge is -2.28. The first-order valence-electron chi connectivity index (χ1n) is 10.1. The van der Waals surface area contributed by atoms with E-state index in [-0.39, 0.29) is 11.3 Å². The Kier molecular flexibility index (Phi) is 6.60. The van der Waals surface area contributed by atoms with Crippen LogP contribution < -0.4 is 9.47 Å². The Hall–Kier alpha value is -2.92. The topological polar surface area (TPSA) is 38.8 Å². The van der Waals surface area contributed by atoms with Crippen LogP contribution in [0.3, 0.4) is 0 Å². The molecule has 1 fully saturated rings. The van der Waals surface area contributed by atoms with E-state index in [4.69, 9.17) is 9.47 Å². The number of hydrogen-bond acceptors (Lipinski definition) is 4. The molecule has 1 aliphatic rings. The molecule has 0 saturated carbocycles. The number of rotatable bonds is 8. The second-order valence-corrected chi connectivity index (χ2v) is 8.33. The Morgan fingerprint density at radius 1 is 0.933 bits per heavy atom. The van der Waals surface area contributed by atoms with Crippen LogP contribution in [0.2, 0.25) is 0 Å². The first-order valence-corrected chi connectivity index (χ1v) is 11.0. The van der Waals surface area contributed by atoms with E-state index in [1.54, 1.807) is 18.9 Å². The minimum absolute atomic E-state index is 0.0587. The minimum Gasteiger partial charge on any atom is -0.497 e. The molecular formula is C25H25NO3S. The fourth-order valence-electron chi connectivity index (χ4n) is 3.48. The molecular weight excluding hydrogens is 394 g/mol. The fourth-order valence-corrected chi connectivity index (χ4v) is 4.68. The van der Waals surface area contributed by atoms with Gasteiger partial charge in [0.05, 0.1) is 7.11 Å². The molecule has 0 aliphatic carbocycles. The second-order valence-electron chi connectivity index (χ2n) is 7.18. The summed E-state index contributed by atoms with van der Waals surface area (Å²) >= 11 is 1.69. The van der Waals surface area contributed by atoms with Gasteiger partial charge >= 0.3 is 0 Å². The summed E-state index contributed by atoms with van der Waals surface area (Å²) in [7, 11) is 1.66. The van der Waals surface area contributed by atoms with Gasteiger partial charge in [0.15, 0.2) is 0 Å². The van der Waals surface area contributed by atoms with E-state index in [0.717, 1.165) is 40.5 Å². The third-order valence-electron chi connectivity index (χ3n) is 5.11. The van der Waals surface area contributed by atoms with Crippen molar-refractivity contribution >= 4 is 17.7 Å². The van der Waals surface area contributed by atoms with Crippen molar-refractivity contribution in [3.63, 3.8) is 0 Å². The van der Waals surface area contributed by atoms with Crippen LogP contribution in [-0.4, -0.2) is 24.5 Å². The molecule has 4 rings (SSSR count). The summed E-state index contributed by atoms with van der Waals surface area (Å²) in [5.41, 5.74) is 2.23. The van der Waals surface area contributed by atoms with E-state index in [1.807, 2.05) is 59.5 Å². The van der Waals surface area contributed by atoms with Crippen molar-refractivity contribution in [1.82, 2.24) is 4.90 Å². The van der Waals surface area contributed by atoms with Crippen molar-refractivity contribution in [2.75, 3.05) is 13.7 Å². The van der Waals surface area contributed by atoms with Crippen LogP contribution in [0.1, 0.15) is 29.3 Å². The number of ether oxygens (including phenoxy) is 2. The number of thioether (sulfide) groups is 1. The van der Waals surface area contributed by atoms with Crippen LogP contribution >= 0.6 is 11.8 Å². The maximum atomic E-state index is 12.5. The van der Waals surface area contributed by atoms with Crippen LogP contribution in [0.5, 0.6) is 11.5 Å². The van der Waals surface area contributed by atoms with E-state index in [1.165, 1.54) is 0 Å². The van der Waals surface area contributed by atoms with Crippen LogP contribution in [-0.2, 0) is 11.4 Å². The summed E-state index contributed by atoms with van der Waals surface area (Å²) in [4.78, 5) is 15.6. The number of likely N-dealkylation sites (tertiary alicyclic amines) is 1. The van der Waals surface area contributed by atoms with Crippen LogP contribution in [0.25, 0.3) is 0 Å². The summed E-state index contributed by atoms with van der Waals surface area (Å²) in [6, 6.07) is 26.2. The van der Waals surface area contributed by atoms with Crippen LogP contribution in [0.15, 0.2) is 83.8 Å². The largest absolute Gasteiger partial charge is 0.497 e. The number of nitrogens with zero attached hydrogens (tertiary/aromatic N) is 1. The van der Waals surface area contributed by atoms with Gasteiger partial charge in [-0.1, -0.05) is 54.2 Å². The molecule has 30 heavy (non-hydrogen) atoms. The van der Waals surface area contributed by atoms with Crippen molar-refractivity contribution in [1.29, 1.82) is 0 Å². The van der Waals surface area contributed by atoms with Crippen molar-refractivity contribution in [3.8, 4) is 11.5 Å². The molecule has 1 unspecified atom stereocenters. The smallest absolute Gasteiger partial charge is 0.223 e. The van der Waals surface area contributed by atoms with E-state index >= 15 is 0 Å². The highest BCUT2D eigenvalue weighted by atomic mass is 32.2. The molecule has 154 valence electrons. The summed E-state index contributed by atoms with van der Waals surface area (Å²) in [5.74, 6) is 1.86. The van der Waals surface area contributed by atoms with E-state index in [2.05, 4.69) is 24.3 Å². The SMILES string of the molecule is COc1ccc(SC(c2ccc(OCc3ccccc3)cc2)N2CCCC2=O)cc1. The molecule has 0 N–H and O–H groups in total. The third-order valence-corrected chi connectivity index (χ3v) is 6.41. The highest BCUT2D eigenvalue weighted by molar-refractivity contribution is 7.99. The standard InChI is InChI=1S/C25H25NO3S/c1-28-21-13-15-23(16-14-21)30-25(26-17-5-8-24(26)27)20-9-11-22(12-10-20)29-18-19-6-3-2-4-7-19/h2-4,6-7,9-16,25H,5,8,17-18H2,1H3. The Morgan fingerprint density at radius 3 is 2.27 bits per heavy atom. The van der Waals surface area contributed by atoms with Gasteiger partial charge in [-0.15, -0.1) is 0 Å². The molecule has 5 heteroatoms. The maximum Gasteiger partial charge on any atom is 0.223 e. The molecule has 0 radical (unpaired) electrons.